The number of fused-ring (bicyclic) bond motifs is 1. The minimum Gasteiger partial charge on any atom is -0.322 e. The number of carbonyl (C=O) groups excluding carboxylic acids is 1. The third-order valence-corrected chi connectivity index (χ3v) is 7.18. The van der Waals surface area contributed by atoms with Gasteiger partial charge >= 0.3 is 0 Å². The number of nitrogens with zero attached hydrogens (tertiary/aromatic N) is 1. The number of benzene rings is 3. The molecule has 0 radical (unpaired) electrons. The Morgan fingerprint density at radius 3 is 2.53 bits per heavy atom. The molecule has 0 fully saturated rings. The van der Waals surface area contributed by atoms with Crippen molar-refractivity contribution in [1.82, 2.24) is 0 Å². The Morgan fingerprint density at radius 2 is 1.80 bits per heavy atom. The maximum Gasteiger partial charge on any atom is 0.264 e. The van der Waals surface area contributed by atoms with E-state index in [1.165, 1.54) is 4.31 Å². The van der Waals surface area contributed by atoms with Crippen LogP contribution in [0.5, 0.6) is 0 Å². The summed E-state index contributed by atoms with van der Waals surface area (Å²) in [5.74, 6) is -0.304. The SMILES string of the molecule is Cc1ccc(S(=O)(=O)N2CCCc3ccc(NC(=O)c4cccc(Cl)c4)cc32)cc1. The van der Waals surface area contributed by atoms with Crippen molar-refractivity contribution < 1.29 is 13.2 Å². The lowest BCUT2D eigenvalue weighted by atomic mass is 10.0. The fourth-order valence-electron chi connectivity index (χ4n) is 3.54. The van der Waals surface area contributed by atoms with Gasteiger partial charge < -0.3 is 5.32 Å². The summed E-state index contributed by atoms with van der Waals surface area (Å²) >= 11 is 5.97. The first-order valence-electron chi connectivity index (χ1n) is 9.64. The van der Waals surface area contributed by atoms with Gasteiger partial charge in [0.05, 0.1) is 10.6 Å². The van der Waals surface area contributed by atoms with Crippen LogP contribution in [0.3, 0.4) is 0 Å². The Balaban J connectivity index is 1.66. The van der Waals surface area contributed by atoms with Gasteiger partial charge in [-0.2, -0.15) is 0 Å². The number of aryl methyl sites for hydroxylation is 2. The zero-order valence-electron chi connectivity index (χ0n) is 16.4. The van der Waals surface area contributed by atoms with Crippen LogP contribution in [0, 0.1) is 6.92 Å². The second kappa shape index (κ2) is 8.13. The molecule has 0 saturated heterocycles. The summed E-state index contributed by atoms with van der Waals surface area (Å²) < 4.78 is 28.0. The Kier molecular flexibility index (Phi) is 5.54. The molecule has 0 aliphatic carbocycles. The van der Waals surface area contributed by atoms with E-state index in [1.54, 1.807) is 60.7 Å². The lowest BCUT2D eigenvalue weighted by molar-refractivity contribution is 0.102. The van der Waals surface area contributed by atoms with E-state index in [1.807, 2.05) is 13.0 Å². The van der Waals surface area contributed by atoms with Crippen molar-refractivity contribution >= 4 is 38.9 Å². The molecule has 0 unspecified atom stereocenters. The quantitative estimate of drug-likeness (QED) is 0.617. The third-order valence-electron chi connectivity index (χ3n) is 5.11. The first-order valence-corrected chi connectivity index (χ1v) is 11.5. The molecule has 0 bridgehead atoms. The number of nitrogens with one attached hydrogen (secondary N) is 1. The topological polar surface area (TPSA) is 66.5 Å². The van der Waals surface area contributed by atoms with Gasteiger partial charge in [0.15, 0.2) is 0 Å². The molecule has 3 aromatic carbocycles. The molecule has 0 spiro atoms. The lowest BCUT2D eigenvalue weighted by Crippen LogP contribution is -2.35. The lowest BCUT2D eigenvalue weighted by Gasteiger charge is -2.31. The van der Waals surface area contributed by atoms with Crippen molar-refractivity contribution in [2.75, 3.05) is 16.2 Å². The van der Waals surface area contributed by atoms with Crippen LogP contribution in [-0.4, -0.2) is 20.9 Å². The normalized spacial score (nSPS) is 13.6. The summed E-state index contributed by atoms with van der Waals surface area (Å²) in [6.45, 7) is 2.32. The monoisotopic (exact) mass is 440 g/mol. The molecule has 154 valence electrons. The maximum absolute atomic E-state index is 13.3. The predicted molar refractivity (Wildman–Crippen MR) is 120 cm³/mol. The highest BCUT2D eigenvalue weighted by atomic mass is 35.5. The molecule has 0 atom stereocenters. The Bertz CT molecular complexity index is 1210. The van der Waals surface area contributed by atoms with Gasteiger partial charge in [-0.25, -0.2) is 8.42 Å². The number of anilines is 2. The largest absolute Gasteiger partial charge is 0.322 e. The van der Waals surface area contributed by atoms with Gasteiger partial charge in [-0.05, 0) is 67.8 Å². The molecule has 0 saturated carbocycles. The van der Waals surface area contributed by atoms with Gasteiger partial charge in [0.2, 0.25) is 0 Å². The number of hydrogen-bond donors (Lipinski definition) is 1. The Labute approximate surface area is 181 Å². The fourth-order valence-corrected chi connectivity index (χ4v) is 5.26. The summed E-state index contributed by atoms with van der Waals surface area (Å²) in [6.07, 6.45) is 1.53. The van der Waals surface area contributed by atoms with E-state index in [-0.39, 0.29) is 10.8 Å². The van der Waals surface area contributed by atoms with E-state index < -0.39 is 10.0 Å². The standard InChI is InChI=1S/C23H21ClN2O3S/c1-16-7-11-21(12-8-16)30(28,29)26-13-3-5-17-9-10-20(15-22(17)26)25-23(27)18-4-2-6-19(24)14-18/h2,4,6-12,14-15H,3,5,13H2,1H3,(H,25,27). The van der Waals surface area contributed by atoms with E-state index >= 15 is 0 Å². The van der Waals surface area contributed by atoms with Crippen LogP contribution in [0.15, 0.2) is 71.6 Å². The maximum atomic E-state index is 13.3. The van der Waals surface area contributed by atoms with E-state index in [0.29, 0.717) is 28.5 Å². The molecule has 3 aromatic rings. The van der Waals surface area contributed by atoms with Crippen LogP contribution < -0.4 is 9.62 Å². The summed E-state index contributed by atoms with van der Waals surface area (Å²) in [4.78, 5) is 12.8. The van der Waals surface area contributed by atoms with Gasteiger partial charge in [0.1, 0.15) is 0 Å². The van der Waals surface area contributed by atoms with Gasteiger partial charge in [-0.1, -0.05) is 41.4 Å². The molecular weight excluding hydrogens is 420 g/mol. The summed E-state index contributed by atoms with van der Waals surface area (Å²) in [6, 6.07) is 18.9. The van der Waals surface area contributed by atoms with Crippen molar-refractivity contribution in [3.8, 4) is 0 Å². The molecule has 0 aromatic heterocycles. The molecule has 1 aliphatic heterocycles. The van der Waals surface area contributed by atoms with Crippen molar-refractivity contribution in [2.24, 2.45) is 0 Å². The molecular formula is C23H21ClN2O3S. The van der Waals surface area contributed by atoms with Crippen LogP contribution in [0.4, 0.5) is 11.4 Å². The van der Waals surface area contributed by atoms with Crippen molar-refractivity contribution in [3.63, 3.8) is 0 Å². The third kappa shape index (κ3) is 4.06. The Morgan fingerprint density at radius 1 is 1.03 bits per heavy atom. The molecule has 30 heavy (non-hydrogen) atoms. The van der Waals surface area contributed by atoms with Crippen molar-refractivity contribution in [1.29, 1.82) is 0 Å². The van der Waals surface area contributed by atoms with Gasteiger partial charge in [0.25, 0.3) is 15.9 Å². The van der Waals surface area contributed by atoms with Crippen LogP contribution in [0.1, 0.15) is 27.9 Å². The fraction of sp³-hybridized carbons (Fsp3) is 0.174. The minimum absolute atomic E-state index is 0.259. The average molecular weight is 441 g/mol. The molecule has 1 amide bonds. The first kappa shape index (κ1) is 20.4. The summed E-state index contributed by atoms with van der Waals surface area (Å²) in [5, 5.41) is 3.31. The van der Waals surface area contributed by atoms with Gasteiger partial charge in [0, 0.05) is 22.8 Å². The number of sulfonamides is 1. The Hall–Kier alpha value is -2.83. The minimum atomic E-state index is -3.69. The molecule has 7 heteroatoms. The van der Waals surface area contributed by atoms with Gasteiger partial charge in [-0.15, -0.1) is 0 Å². The average Bonchev–Trinajstić information content (AvgIpc) is 2.73. The second-order valence-electron chi connectivity index (χ2n) is 7.30. The summed E-state index contributed by atoms with van der Waals surface area (Å²) in [5.41, 5.74) is 3.51. The van der Waals surface area contributed by atoms with Crippen LogP contribution in [-0.2, 0) is 16.4 Å². The van der Waals surface area contributed by atoms with E-state index in [4.69, 9.17) is 11.6 Å². The number of amides is 1. The second-order valence-corrected chi connectivity index (χ2v) is 9.60. The molecule has 4 rings (SSSR count). The zero-order valence-corrected chi connectivity index (χ0v) is 18.0. The predicted octanol–water partition coefficient (Wildman–Crippen LogP) is 5.04. The van der Waals surface area contributed by atoms with E-state index in [0.717, 1.165) is 24.0 Å². The number of rotatable bonds is 4. The summed E-state index contributed by atoms with van der Waals surface area (Å²) in [7, 11) is -3.69. The van der Waals surface area contributed by atoms with Crippen LogP contribution in [0.25, 0.3) is 0 Å². The molecule has 1 aliphatic rings. The first-order chi connectivity index (χ1) is 14.3. The molecule has 5 nitrogen and oxygen atoms in total. The smallest absolute Gasteiger partial charge is 0.264 e. The van der Waals surface area contributed by atoms with E-state index in [2.05, 4.69) is 5.32 Å². The highest BCUT2D eigenvalue weighted by molar-refractivity contribution is 7.92. The van der Waals surface area contributed by atoms with E-state index in [9.17, 15) is 13.2 Å². The number of halogens is 1. The van der Waals surface area contributed by atoms with Crippen LogP contribution in [0.2, 0.25) is 5.02 Å². The molecule has 1 heterocycles. The van der Waals surface area contributed by atoms with Crippen LogP contribution >= 0.6 is 11.6 Å². The number of hydrogen-bond acceptors (Lipinski definition) is 3. The highest BCUT2D eigenvalue weighted by Crippen LogP contribution is 2.34. The molecule has 1 N–H and O–H groups in total. The van der Waals surface area contributed by atoms with Gasteiger partial charge in [-0.3, -0.25) is 9.10 Å². The zero-order chi connectivity index (χ0) is 21.3. The van der Waals surface area contributed by atoms with Crippen molar-refractivity contribution in [2.45, 2.75) is 24.7 Å². The number of carbonyl (C=O) groups is 1. The highest BCUT2D eigenvalue weighted by Gasteiger charge is 2.29. The van der Waals surface area contributed by atoms with Crippen molar-refractivity contribution in [3.05, 3.63) is 88.4 Å².